The molecule has 0 rings (SSSR count). The van der Waals surface area contributed by atoms with E-state index in [9.17, 15) is 13.2 Å². The maximum absolute atomic E-state index is 11.9. The van der Waals surface area contributed by atoms with E-state index in [0.29, 0.717) is 0 Å². The molecule has 0 bridgehead atoms. The quantitative estimate of drug-likeness (QED) is 0.306. The molecule has 0 saturated heterocycles. The van der Waals surface area contributed by atoms with E-state index >= 15 is 0 Å². The molecule has 0 aromatic rings. The highest BCUT2D eigenvalue weighted by Gasteiger charge is 2.35. The largest absolute Gasteiger partial charge is 0.432 e. The van der Waals surface area contributed by atoms with Crippen molar-refractivity contribution < 1.29 is 13.2 Å². The fourth-order valence-corrected chi connectivity index (χ4v) is 0.596. The van der Waals surface area contributed by atoms with Crippen LogP contribution in [0.15, 0.2) is 5.10 Å². The lowest BCUT2D eigenvalue weighted by Crippen LogP contribution is -2.28. The third-order valence-corrected chi connectivity index (χ3v) is 1.18. The molecule has 0 fully saturated rings. The van der Waals surface area contributed by atoms with Crippen molar-refractivity contribution in [3.8, 4) is 0 Å². The Kier molecular flexibility index (Phi) is 5.00. The molecule has 0 saturated carbocycles. The highest BCUT2D eigenvalue weighted by Crippen LogP contribution is 2.17. The summed E-state index contributed by atoms with van der Waals surface area (Å²) in [5.41, 5.74) is 6.13. The molecule has 0 amide bonds. The number of nitrogens with two attached hydrogens (primary N) is 1. The summed E-state index contributed by atoms with van der Waals surface area (Å²) in [5.74, 6) is -0.666. The molecule has 0 aliphatic carbocycles. The Morgan fingerprint density at radius 3 is 2.42 bits per heavy atom. The highest BCUT2D eigenvalue weighted by molar-refractivity contribution is 6.29. The Labute approximate surface area is 72.8 Å². The van der Waals surface area contributed by atoms with E-state index in [1.807, 2.05) is 0 Å². The standard InChI is InChI=1S/C5H9ClF3N3/c6-3-4(5(7,8)9)12-11-2-1-10/h11H,1-3,10H2/b12-4+. The van der Waals surface area contributed by atoms with Crippen molar-refractivity contribution >= 4 is 17.3 Å². The van der Waals surface area contributed by atoms with E-state index in [1.54, 1.807) is 0 Å². The molecule has 3 nitrogen and oxygen atoms in total. The van der Waals surface area contributed by atoms with Crippen molar-refractivity contribution in [3.63, 3.8) is 0 Å². The van der Waals surface area contributed by atoms with Crippen molar-refractivity contribution in [1.82, 2.24) is 5.43 Å². The molecule has 12 heavy (non-hydrogen) atoms. The fourth-order valence-electron chi connectivity index (χ4n) is 0.385. The van der Waals surface area contributed by atoms with Crippen molar-refractivity contribution in [2.24, 2.45) is 10.8 Å². The molecular weight excluding hydrogens is 195 g/mol. The predicted octanol–water partition coefficient (Wildman–Crippen LogP) is 0.692. The molecule has 72 valence electrons. The van der Waals surface area contributed by atoms with Crippen LogP contribution in [-0.2, 0) is 0 Å². The highest BCUT2D eigenvalue weighted by atomic mass is 35.5. The average molecular weight is 204 g/mol. The zero-order valence-corrected chi connectivity index (χ0v) is 6.91. The van der Waals surface area contributed by atoms with Gasteiger partial charge in [-0.1, -0.05) is 0 Å². The van der Waals surface area contributed by atoms with E-state index < -0.39 is 17.8 Å². The number of hydrogen-bond donors (Lipinski definition) is 2. The van der Waals surface area contributed by atoms with Crippen LogP contribution in [-0.4, -0.2) is 30.9 Å². The van der Waals surface area contributed by atoms with Gasteiger partial charge in [0, 0.05) is 13.1 Å². The van der Waals surface area contributed by atoms with Gasteiger partial charge in [-0.25, -0.2) is 0 Å². The van der Waals surface area contributed by atoms with Crippen LogP contribution < -0.4 is 11.2 Å². The summed E-state index contributed by atoms with van der Waals surface area (Å²) in [7, 11) is 0. The van der Waals surface area contributed by atoms with Crippen LogP contribution in [0, 0.1) is 0 Å². The van der Waals surface area contributed by atoms with Gasteiger partial charge in [-0.15, -0.1) is 11.6 Å². The van der Waals surface area contributed by atoms with Gasteiger partial charge in [0.1, 0.15) is 0 Å². The molecular formula is C5H9ClF3N3. The second-order valence-electron chi connectivity index (χ2n) is 1.89. The number of rotatable bonds is 4. The van der Waals surface area contributed by atoms with Gasteiger partial charge < -0.3 is 11.2 Å². The molecule has 0 radical (unpaired) electrons. The molecule has 0 aromatic carbocycles. The Balaban J connectivity index is 4.05. The third kappa shape index (κ3) is 4.40. The lowest BCUT2D eigenvalue weighted by atomic mass is 10.4. The number of nitrogens with one attached hydrogen (secondary N) is 1. The van der Waals surface area contributed by atoms with E-state index in [0.717, 1.165) is 0 Å². The molecule has 7 heteroatoms. The molecule has 0 aliphatic heterocycles. The zero-order valence-electron chi connectivity index (χ0n) is 6.16. The van der Waals surface area contributed by atoms with Crippen molar-refractivity contribution in [1.29, 1.82) is 0 Å². The van der Waals surface area contributed by atoms with Gasteiger partial charge in [0.05, 0.1) is 5.88 Å². The van der Waals surface area contributed by atoms with Crippen molar-refractivity contribution in [3.05, 3.63) is 0 Å². The molecule has 0 aromatic heterocycles. The summed E-state index contributed by atoms with van der Waals surface area (Å²) in [5, 5.41) is 3.03. The second-order valence-corrected chi connectivity index (χ2v) is 2.15. The second kappa shape index (κ2) is 5.21. The number of hydrogen-bond acceptors (Lipinski definition) is 3. The molecule has 0 heterocycles. The van der Waals surface area contributed by atoms with Crippen molar-refractivity contribution in [2.75, 3.05) is 19.0 Å². The summed E-state index contributed by atoms with van der Waals surface area (Å²) in [6, 6.07) is 0. The Morgan fingerprint density at radius 1 is 1.50 bits per heavy atom. The van der Waals surface area contributed by atoms with Crippen LogP contribution in [0.4, 0.5) is 13.2 Å². The van der Waals surface area contributed by atoms with Gasteiger partial charge in [0.2, 0.25) is 0 Å². The maximum atomic E-state index is 11.9. The lowest BCUT2D eigenvalue weighted by molar-refractivity contribution is -0.0594. The van der Waals surface area contributed by atoms with Crippen molar-refractivity contribution in [2.45, 2.75) is 6.18 Å². The lowest BCUT2D eigenvalue weighted by Gasteiger charge is -2.07. The minimum absolute atomic E-state index is 0.191. The van der Waals surface area contributed by atoms with Gasteiger partial charge in [-0.05, 0) is 0 Å². The topological polar surface area (TPSA) is 50.4 Å². The van der Waals surface area contributed by atoms with Gasteiger partial charge in [-0.3, -0.25) is 0 Å². The zero-order chi connectivity index (χ0) is 9.61. The molecule has 0 unspecified atom stereocenters. The average Bonchev–Trinajstić information content (AvgIpc) is 1.95. The summed E-state index contributed by atoms with van der Waals surface area (Å²) < 4.78 is 35.6. The van der Waals surface area contributed by atoms with E-state index in [2.05, 4.69) is 10.5 Å². The Morgan fingerprint density at radius 2 is 2.08 bits per heavy atom. The summed E-state index contributed by atoms with van der Waals surface area (Å²) in [6.45, 7) is 0.410. The van der Waals surface area contributed by atoms with Crippen LogP contribution in [0.2, 0.25) is 0 Å². The first-order chi connectivity index (χ1) is 5.52. The minimum Gasteiger partial charge on any atom is -0.329 e. The molecule has 0 atom stereocenters. The van der Waals surface area contributed by atoms with Crippen LogP contribution in [0.25, 0.3) is 0 Å². The van der Waals surface area contributed by atoms with Gasteiger partial charge >= 0.3 is 6.18 Å². The smallest absolute Gasteiger partial charge is 0.329 e. The van der Waals surface area contributed by atoms with Crippen LogP contribution >= 0.6 is 11.6 Å². The van der Waals surface area contributed by atoms with E-state index in [-0.39, 0.29) is 13.1 Å². The first kappa shape index (κ1) is 11.5. The normalized spacial score (nSPS) is 13.2. The molecule has 3 N–H and O–H groups in total. The molecule has 0 aliphatic rings. The summed E-state index contributed by atoms with van der Waals surface area (Å²) >= 11 is 5.01. The van der Waals surface area contributed by atoms with Crippen LogP contribution in [0.1, 0.15) is 0 Å². The van der Waals surface area contributed by atoms with Crippen LogP contribution in [0.5, 0.6) is 0 Å². The van der Waals surface area contributed by atoms with Gasteiger partial charge in [0.25, 0.3) is 0 Å². The van der Waals surface area contributed by atoms with Gasteiger partial charge in [-0.2, -0.15) is 18.3 Å². The summed E-state index contributed by atoms with van der Waals surface area (Å²) in [4.78, 5) is 0. The number of alkyl halides is 4. The minimum atomic E-state index is -4.47. The molecule has 0 spiro atoms. The number of nitrogens with zero attached hydrogens (tertiary/aromatic N) is 1. The third-order valence-electron chi connectivity index (χ3n) is 0.924. The number of hydrazone groups is 1. The SMILES string of the molecule is NCCN/N=C(\CCl)C(F)(F)F. The first-order valence-corrected chi connectivity index (χ1v) is 3.68. The Bertz CT molecular complexity index is 157. The van der Waals surface area contributed by atoms with E-state index in [1.165, 1.54) is 0 Å². The first-order valence-electron chi connectivity index (χ1n) is 3.15. The maximum Gasteiger partial charge on any atom is 0.432 e. The predicted molar refractivity (Wildman–Crippen MR) is 41.3 cm³/mol. The van der Waals surface area contributed by atoms with Gasteiger partial charge in [0.15, 0.2) is 5.71 Å². The fraction of sp³-hybridized carbons (Fsp3) is 0.800. The monoisotopic (exact) mass is 203 g/mol. The van der Waals surface area contributed by atoms with Crippen LogP contribution in [0.3, 0.4) is 0 Å². The van der Waals surface area contributed by atoms with E-state index in [4.69, 9.17) is 17.3 Å². The number of halogens is 4. The summed E-state index contributed by atoms with van der Waals surface area (Å²) in [6.07, 6.45) is -4.47. The Hall–Kier alpha value is -0.490.